The summed E-state index contributed by atoms with van der Waals surface area (Å²) in [4.78, 5) is 23.8. The van der Waals surface area contributed by atoms with Crippen LogP contribution in [-0.4, -0.2) is 30.5 Å². The van der Waals surface area contributed by atoms with Crippen LogP contribution in [0.25, 0.3) is 5.78 Å². The molecule has 3 aromatic rings. The van der Waals surface area contributed by atoms with E-state index in [0.29, 0.717) is 29.2 Å². The Labute approximate surface area is 152 Å². The van der Waals surface area contributed by atoms with Crippen molar-refractivity contribution in [1.82, 2.24) is 24.6 Å². The number of hydrogen-bond acceptors (Lipinski definition) is 5. The van der Waals surface area contributed by atoms with Crippen molar-refractivity contribution in [3.63, 3.8) is 0 Å². The predicted molar refractivity (Wildman–Crippen MR) is 91.2 cm³/mol. The van der Waals surface area contributed by atoms with E-state index in [2.05, 4.69) is 25.4 Å². The van der Waals surface area contributed by atoms with Crippen LogP contribution in [0, 0.1) is 20.8 Å². The highest BCUT2D eigenvalue weighted by Crippen LogP contribution is 2.27. The summed E-state index contributed by atoms with van der Waals surface area (Å²) >= 11 is 0. The molecule has 0 radical (unpaired) electrons. The maximum Gasteiger partial charge on any atom is 0.453 e. The van der Waals surface area contributed by atoms with Gasteiger partial charge in [-0.15, -0.1) is 5.10 Å². The van der Waals surface area contributed by atoms with Gasteiger partial charge in [-0.3, -0.25) is 4.79 Å². The molecule has 0 aliphatic rings. The molecular formula is C17H17F3N6O. The lowest BCUT2D eigenvalue weighted by Crippen LogP contribution is -2.15. The van der Waals surface area contributed by atoms with Crippen LogP contribution < -0.4 is 5.32 Å². The fourth-order valence-electron chi connectivity index (χ4n) is 2.68. The van der Waals surface area contributed by atoms with Crippen LogP contribution in [-0.2, 0) is 17.4 Å². The van der Waals surface area contributed by atoms with Crippen LogP contribution in [0.4, 0.5) is 19.0 Å². The Balaban J connectivity index is 1.78. The number of rotatable bonds is 4. The zero-order chi connectivity index (χ0) is 19.8. The molecule has 7 nitrogen and oxygen atoms in total. The van der Waals surface area contributed by atoms with Crippen molar-refractivity contribution >= 4 is 17.5 Å². The number of nitrogens with one attached hydrogen (secondary N) is 1. The predicted octanol–water partition coefficient (Wildman–Crippen LogP) is 3.03. The second-order valence-corrected chi connectivity index (χ2v) is 6.18. The van der Waals surface area contributed by atoms with Gasteiger partial charge in [0.25, 0.3) is 11.6 Å². The highest BCUT2D eigenvalue weighted by molar-refractivity contribution is 5.89. The minimum absolute atomic E-state index is 0.116. The summed E-state index contributed by atoms with van der Waals surface area (Å²) in [6.45, 7) is 5.19. The number of aromatic nitrogens is 5. The maximum atomic E-state index is 12.8. The second-order valence-electron chi connectivity index (χ2n) is 6.18. The lowest BCUT2D eigenvalue weighted by atomic mass is 10.1. The molecule has 142 valence electrons. The minimum Gasteiger partial charge on any atom is -0.311 e. The highest BCUT2D eigenvalue weighted by Gasteiger charge is 2.36. The number of hydrogen-bond donors (Lipinski definition) is 1. The molecule has 10 heteroatoms. The molecule has 0 saturated carbocycles. The number of anilines is 1. The van der Waals surface area contributed by atoms with E-state index in [-0.39, 0.29) is 18.1 Å². The summed E-state index contributed by atoms with van der Waals surface area (Å²) in [6.07, 6.45) is -2.56. The van der Waals surface area contributed by atoms with Gasteiger partial charge in [0.1, 0.15) is 5.82 Å². The summed E-state index contributed by atoms with van der Waals surface area (Å²) in [6, 6.07) is 3.53. The van der Waals surface area contributed by atoms with Gasteiger partial charge in [0, 0.05) is 24.0 Å². The number of fused-ring (bicyclic) bond motifs is 1. The third-order valence-electron chi connectivity index (χ3n) is 4.08. The fourth-order valence-corrected chi connectivity index (χ4v) is 2.68. The fraction of sp³-hybridized carbons (Fsp3) is 0.353. The molecule has 0 aromatic carbocycles. The summed E-state index contributed by atoms with van der Waals surface area (Å²) in [5.41, 5.74) is 2.63. The number of amides is 1. The smallest absolute Gasteiger partial charge is 0.311 e. The first-order valence-electron chi connectivity index (χ1n) is 8.17. The molecule has 0 aliphatic heterocycles. The Morgan fingerprint density at radius 3 is 2.56 bits per heavy atom. The van der Waals surface area contributed by atoms with E-state index < -0.39 is 12.0 Å². The number of pyridine rings is 1. The van der Waals surface area contributed by atoms with Crippen molar-refractivity contribution in [1.29, 1.82) is 0 Å². The minimum atomic E-state index is -4.64. The number of carbonyl (C=O) groups is 1. The summed E-state index contributed by atoms with van der Waals surface area (Å²) in [5, 5.41) is 6.18. The molecule has 3 heterocycles. The SMILES string of the molecule is Cc1ccc(NC(=O)CCc2c(C)nc3nc(C(F)(F)F)nn3c2C)nc1. The van der Waals surface area contributed by atoms with Crippen molar-refractivity contribution in [3.8, 4) is 0 Å². The van der Waals surface area contributed by atoms with Crippen LogP contribution in [0.1, 0.15) is 34.8 Å². The van der Waals surface area contributed by atoms with Crippen molar-refractivity contribution in [2.75, 3.05) is 5.32 Å². The lowest BCUT2D eigenvalue weighted by molar-refractivity contribution is -0.144. The van der Waals surface area contributed by atoms with Gasteiger partial charge in [-0.1, -0.05) is 6.07 Å². The number of halogens is 3. The van der Waals surface area contributed by atoms with Crippen LogP contribution >= 0.6 is 0 Å². The Morgan fingerprint density at radius 2 is 1.93 bits per heavy atom. The Kier molecular flexibility index (Phi) is 4.81. The highest BCUT2D eigenvalue weighted by atomic mass is 19.4. The van der Waals surface area contributed by atoms with Crippen LogP contribution in [0.2, 0.25) is 0 Å². The van der Waals surface area contributed by atoms with E-state index in [4.69, 9.17) is 0 Å². The molecule has 0 saturated heterocycles. The van der Waals surface area contributed by atoms with E-state index in [0.717, 1.165) is 10.1 Å². The van der Waals surface area contributed by atoms with Gasteiger partial charge < -0.3 is 5.32 Å². The van der Waals surface area contributed by atoms with Gasteiger partial charge in [-0.25, -0.2) is 14.5 Å². The molecule has 0 atom stereocenters. The molecular weight excluding hydrogens is 361 g/mol. The van der Waals surface area contributed by atoms with Gasteiger partial charge in [0.2, 0.25) is 5.91 Å². The summed E-state index contributed by atoms with van der Waals surface area (Å²) < 4.78 is 39.5. The molecule has 1 N–H and O–H groups in total. The average Bonchev–Trinajstić information content (AvgIpc) is 3.01. The lowest BCUT2D eigenvalue weighted by Gasteiger charge is -2.10. The molecule has 1 amide bonds. The number of alkyl halides is 3. The Morgan fingerprint density at radius 1 is 1.19 bits per heavy atom. The molecule has 0 aliphatic carbocycles. The molecule has 0 bridgehead atoms. The molecule has 0 unspecified atom stereocenters. The van der Waals surface area contributed by atoms with Gasteiger partial charge in [-0.05, 0) is 44.4 Å². The van der Waals surface area contributed by atoms with E-state index in [1.54, 1.807) is 26.1 Å². The first-order valence-corrected chi connectivity index (χ1v) is 8.17. The van der Waals surface area contributed by atoms with Crippen molar-refractivity contribution in [2.45, 2.75) is 39.8 Å². The van der Waals surface area contributed by atoms with Crippen LogP contribution in [0.3, 0.4) is 0 Å². The molecule has 0 fully saturated rings. The van der Waals surface area contributed by atoms with E-state index in [1.807, 2.05) is 13.0 Å². The largest absolute Gasteiger partial charge is 0.453 e. The van der Waals surface area contributed by atoms with Gasteiger partial charge in [0.05, 0.1) is 0 Å². The average molecular weight is 378 g/mol. The van der Waals surface area contributed by atoms with E-state index in [9.17, 15) is 18.0 Å². The summed E-state index contributed by atoms with van der Waals surface area (Å²) in [7, 11) is 0. The second kappa shape index (κ2) is 6.93. The van der Waals surface area contributed by atoms with Crippen molar-refractivity contribution < 1.29 is 18.0 Å². The van der Waals surface area contributed by atoms with Gasteiger partial charge in [0.15, 0.2) is 0 Å². The van der Waals surface area contributed by atoms with E-state index in [1.165, 1.54) is 0 Å². The Hall–Kier alpha value is -3.04. The van der Waals surface area contributed by atoms with Crippen LogP contribution in [0.5, 0.6) is 0 Å². The summed E-state index contributed by atoms with van der Waals surface area (Å²) in [5.74, 6) is -1.16. The van der Waals surface area contributed by atoms with Crippen molar-refractivity contribution in [3.05, 3.63) is 46.7 Å². The zero-order valence-electron chi connectivity index (χ0n) is 14.9. The first kappa shape index (κ1) is 18.7. The normalized spacial score (nSPS) is 11.8. The van der Waals surface area contributed by atoms with Crippen molar-refractivity contribution in [2.24, 2.45) is 0 Å². The van der Waals surface area contributed by atoms with Gasteiger partial charge in [-0.2, -0.15) is 18.2 Å². The number of aryl methyl sites for hydroxylation is 3. The molecule has 0 spiro atoms. The quantitative estimate of drug-likeness (QED) is 0.754. The maximum absolute atomic E-state index is 12.8. The van der Waals surface area contributed by atoms with Gasteiger partial charge >= 0.3 is 6.18 Å². The Bertz CT molecular complexity index is 995. The first-order chi connectivity index (χ1) is 12.6. The molecule has 27 heavy (non-hydrogen) atoms. The zero-order valence-corrected chi connectivity index (χ0v) is 14.9. The van der Waals surface area contributed by atoms with E-state index >= 15 is 0 Å². The third-order valence-corrected chi connectivity index (χ3v) is 4.08. The number of carbonyl (C=O) groups excluding carboxylic acids is 1. The number of nitrogens with zero attached hydrogens (tertiary/aromatic N) is 5. The monoisotopic (exact) mass is 378 g/mol. The molecule has 3 rings (SSSR count). The van der Waals surface area contributed by atoms with Crippen LogP contribution in [0.15, 0.2) is 18.3 Å². The standard InChI is InChI=1S/C17H17F3N6O/c1-9-4-6-13(21-8-9)23-14(27)7-5-12-10(2)22-16-24-15(17(18,19)20)25-26(16)11(12)3/h4,6,8H,5,7H2,1-3H3,(H,21,23,27). The topological polar surface area (TPSA) is 85.1 Å². The molecule has 3 aromatic heterocycles. The third kappa shape index (κ3) is 4.04.